The topological polar surface area (TPSA) is 166 Å². The van der Waals surface area contributed by atoms with Gasteiger partial charge in [0.1, 0.15) is 29.8 Å². The first kappa shape index (κ1) is 33.1. The van der Waals surface area contributed by atoms with Crippen LogP contribution < -0.4 is 26.6 Å². The molecule has 1 aliphatic heterocycles. The second-order valence-electron chi connectivity index (χ2n) is 10.7. The Morgan fingerprint density at radius 1 is 0.884 bits per heavy atom. The van der Waals surface area contributed by atoms with Gasteiger partial charge < -0.3 is 31.7 Å². The highest BCUT2D eigenvalue weighted by Gasteiger charge is 2.32. The molecule has 6 N–H and O–H groups in total. The maximum absolute atomic E-state index is 13.6. The van der Waals surface area contributed by atoms with Crippen molar-refractivity contribution in [3.8, 4) is 0 Å². The molecule has 1 saturated heterocycles. The predicted octanol–water partition coefficient (Wildman–Crippen LogP) is 0.768. The molecule has 0 unspecified atom stereocenters. The lowest BCUT2D eigenvalue weighted by atomic mass is 10.0. The maximum Gasteiger partial charge on any atom is 0.245 e. The van der Waals surface area contributed by atoms with Crippen LogP contribution >= 0.6 is 0 Å². The highest BCUT2D eigenvalue weighted by molar-refractivity contribution is 5.93. The molecule has 4 atom stereocenters. The normalized spacial score (nSPS) is 22.4. The van der Waals surface area contributed by atoms with E-state index in [0.717, 1.165) is 17.7 Å². The van der Waals surface area contributed by atoms with Crippen LogP contribution in [-0.4, -0.2) is 65.9 Å². The van der Waals surface area contributed by atoms with Gasteiger partial charge in [-0.05, 0) is 54.2 Å². The minimum atomic E-state index is -1.40. The molecule has 0 aliphatic carbocycles. The first-order valence-corrected chi connectivity index (χ1v) is 14.0. The summed E-state index contributed by atoms with van der Waals surface area (Å²) in [6.45, 7) is 2.79. The van der Waals surface area contributed by atoms with Gasteiger partial charge in [-0.1, -0.05) is 38.1 Å². The van der Waals surface area contributed by atoms with E-state index in [1.54, 1.807) is 26.0 Å². The molecule has 1 heterocycles. The molecule has 1 aliphatic rings. The second-order valence-corrected chi connectivity index (χ2v) is 10.7. The molecular formula is C30H37F2N5O6. The Bertz CT molecular complexity index is 1290. The van der Waals surface area contributed by atoms with Crippen molar-refractivity contribution in [2.45, 2.75) is 63.7 Å². The quantitative estimate of drug-likeness (QED) is 0.274. The third-order valence-electron chi connectivity index (χ3n) is 7.00. The van der Waals surface area contributed by atoms with E-state index in [4.69, 9.17) is 0 Å². The SMILES string of the molecule is CC(C)[C@H]1NC(=O)CC[C@@H](C(=O)NCCc2ccc(F)cc2)NC(=O)C[C@H](c2ccc(F)cc2)NC(=O)[C@H](CO)NC1=O. The Kier molecular flexibility index (Phi) is 12.1. The van der Waals surface area contributed by atoms with Crippen molar-refractivity contribution in [1.29, 1.82) is 0 Å². The standard InChI is InChI=1S/C30H37F2N5O6/c1-17(2)27-30(43)36-24(16-38)29(42)35-23(19-5-9-21(32)10-6-19)15-26(40)34-22(11-12-25(39)37-27)28(41)33-14-13-18-3-7-20(31)8-4-18/h3-10,17,22-24,27,38H,11-16H2,1-2H3,(H,33,41)(H,34,40)(H,35,42)(H,36,43)(H,37,39)/t22-,23+,24-,27+/m0/s1. The minimum Gasteiger partial charge on any atom is -0.394 e. The van der Waals surface area contributed by atoms with E-state index in [9.17, 15) is 37.9 Å². The Balaban J connectivity index is 1.85. The lowest BCUT2D eigenvalue weighted by molar-refractivity contribution is -0.134. The van der Waals surface area contributed by atoms with Gasteiger partial charge in [-0.15, -0.1) is 0 Å². The molecule has 13 heteroatoms. The van der Waals surface area contributed by atoms with Crippen LogP contribution in [0.5, 0.6) is 0 Å². The minimum absolute atomic E-state index is 0.0980. The molecule has 0 aromatic heterocycles. The number of aliphatic hydroxyl groups excluding tert-OH is 1. The fraction of sp³-hybridized carbons (Fsp3) is 0.433. The molecule has 2 aromatic carbocycles. The first-order valence-electron chi connectivity index (χ1n) is 14.0. The van der Waals surface area contributed by atoms with Crippen LogP contribution in [-0.2, 0) is 30.4 Å². The summed E-state index contributed by atoms with van der Waals surface area (Å²) in [6, 6.07) is 6.25. The number of benzene rings is 2. The summed E-state index contributed by atoms with van der Waals surface area (Å²) in [5, 5.41) is 22.8. The van der Waals surface area contributed by atoms with Crippen molar-refractivity contribution in [3.05, 3.63) is 71.3 Å². The second kappa shape index (κ2) is 15.7. The molecule has 3 rings (SSSR count). The summed E-state index contributed by atoms with van der Waals surface area (Å²) in [4.78, 5) is 65.2. The van der Waals surface area contributed by atoms with Gasteiger partial charge in [0, 0.05) is 13.0 Å². The van der Waals surface area contributed by atoms with Gasteiger partial charge in [0.2, 0.25) is 29.5 Å². The Morgan fingerprint density at radius 3 is 2.12 bits per heavy atom. The summed E-state index contributed by atoms with van der Waals surface area (Å²) < 4.78 is 26.8. The average Bonchev–Trinajstić information content (AvgIpc) is 2.97. The van der Waals surface area contributed by atoms with Crippen molar-refractivity contribution in [3.63, 3.8) is 0 Å². The highest BCUT2D eigenvalue weighted by atomic mass is 19.1. The van der Waals surface area contributed by atoms with E-state index in [-0.39, 0.29) is 37.5 Å². The number of rotatable bonds is 7. The molecule has 1 fully saturated rings. The number of nitrogens with one attached hydrogen (secondary N) is 5. The smallest absolute Gasteiger partial charge is 0.245 e. The molecule has 5 amide bonds. The van der Waals surface area contributed by atoms with E-state index >= 15 is 0 Å². The Labute approximate surface area is 248 Å². The van der Waals surface area contributed by atoms with Crippen molar-refractivity contribution in [2.24, 2.45) is 5.92 Å². The number of carbonyl (C=O) groups excluding carboxylic acids is 5. The first-order chi connectivity index (χ1) is 20.5. The number of halogens is 2. The molecular weight excluding hydrogens is 564 g/mol. The largest absolute Gasteiger partial charge is 0.394 e. The van der Waals surface area contributed by atoms with E-state index in [0.29, 0.717) is 12.0 Å². The summed E-state index contributed by atoms with van der Waals surface area (Å²) in [5.74, 6) is -4.58. The van der Waals surface area contributed by atoms with Gasteiger partial charge >= 0.3 is 0 Å². The van der Waals surface area contributed by atoms with Crippen LogP contribution in [0.15, 0.2) is 48.5 Å². The summed E-state index contributed by atoms with van der Waals surface area (Å²) in [6.07, 6.45) is -0.291. The number of carbonyl (C=O) groups is 5. The zero-order chi connectivity index (χ0) is 31.5. The molecule has 43 heavy (non-hydrogen) atoms. The lowest BCUT2D eigenvalue weighted by Gasteiger charge is -2.26. The fourth-order valence-corrected chi connectivity index (χ4v) is 4.54. The molecule has 2 aromatic rings. The zero-order valence-electron chi connectivity index (χ0n) is 24.0. The molecule has 11 nitrogen and oxygen atoms in total. The van der Waals surface area contributed by atoms with Crippen molar-refractivity contribution in [2.75, 3.05) is 13.2 Å². The number of hydrogen-bond donors (Lipinski definition) is 6. The fourth-order valence-electron chi connectivity index (χ4n) is 4.54. The van der Waals surface area contributed by atoms with E-state index < -0.39 is 66.1 Å². The van der Waals surface area contributed by atoms with Crippen LogP contribution in [0.4, 0.5) is 8.78 Å². The van der Waals surface area contributed by atoms with Crippen LogP contribution in [0.25, 0.3) is 0 Å². The average molecular weight is 602 g/mol. The highest BCUT2D eigenvalue weighted by Crippen LogP contribution is 2.19. The molecule has 232 valence electrons. The van der Waals surface area contributed by atoms with Crippen molar-refractivity contribution >= 4 is 29.5 Å². The predicted molar refractivity (Wildman–Crippen MR) is 152 cm³/mol. The van der Waals surface area contributed by atoms with E-state index in [1.807, 2.05) is 0 Å². The van der Waals surface area contributed by atoms with Crippen LogP contribution in [0.3, 0.4) is 0 Å². The van der Waals surface area contributed by atoms with E-state index in [2.05, 4.69) is 26.6 Å². The molecule has 0 saturated carbocycles. The summed E-state index contributed by atoms with van der Waals surface area (Å²) >= 11 is 0. The van der Waals surface area contributed by atoms with Gasteiger partial charge in [0.25, 0.3) is 0 Å². The van der Waals surface area contributed by atoms with Gasteiger partial charge in [0.15, 0.2) is 0 Å². The Hall–Kier alpha value is -4.39. The van der Waals surface area contributed by atoms with Crippen molar-refractivity contribution in [1.82, 2.24) is 26.6 Å². The van der Waals surface area contributed by atoms with Crippen LogP contribution in [0.2, 0.25) is 0 Å². The number of amides is 5. The Morgan fingerprint density at radius 2 is 1.51 bits per heavy atom. The van der Waals surface area contributed by atoms with Gasteiger partial charge in [-0.3, -0.25) is 24.0 Å². The summed E-state index contributed by atoms with van der Waals surface area (Å²) in [7, 11) is 0. The third kappa shape index (κ3) is 10.1. The van der Waals surface area contributed by atoms with Crippen LogP contribution in [0.1, 0.15) is 50.3 Å². The molecule has 0 bridgehead atoms. The maximum atomic E-state index is 13.6. The number of aliphatic hydroxyl groups is 1. The van der Waals surface area contributed by atoms with Gasteiger partial charge in [0.05, 0.1) is 19.1 Å². The van der Waals surface area contributed by atoms with Gasteiger partial charge in [-0.25, -0.2) is 8.78 Å². The lowest BCUT2D eigenvalue weighted by Crippen LogP contribution is -2.56. The number of hydrogen-bond acceptors (Lipinski definition) is 6. The zero-order valence-corrected chi connectivity index (χ0v) is 24.0. The van der Waals surface area contributed by atoms with Gasteiger partial charge in [-0.2, -0.15) is 0 Å². The summed E-state index contributed by atoms with van der Waals surface area (Å²) in [5.41, 5.74) is 1.15. The molecule has 0 radical (unpaired) electrons. The molecule has 0 spiro atoms. The third-order valence-corrected chi connectivity index (χ3v) is 7.00. The monoisotopic (exact) mass is 601 g/mol. The van der Waals surface area contributed by atoms with E-state index in [1.165, 1.54) is 24.3 Å². The van der Waals surface area contributed by atoms with Crippen molar-refractivity contribution < 1.29 is 37.9 Å². The van der Waals surface area contributed by atoms with Crippen LogP contribution in [0, 0.1) is 17.6 Å².